The molecule has 0 aromatic heterocycles. The zero-order valence-corrected chi connectivity index (χ0v) is 19.6. The first kappa shape index (κ1) is 30.0. The lowest BCUT2D eigenvalue weighted by molar-refractivity contribution is -0.161. The average Bonchev–Trinajstić information content (AvgIpc) is 2.74. The van der Waals surface area contributed by atoms with Crippen LogP contribution >= 0.6 is 7.82 Å². The summed E-state index contributed by atoms with van der Waals surface area (Å²) in [5.41, 5.74) is 0. The van der Waals surface area contributed by atoms with Crippen LogP contribution in [-0.2, 0) is 32.7 Å². The van der Waals surface area contributed by atoms with E-state index in [4.69, 9.17) is 19.1 Å². The number of hydrogen-bond acceptors (Lipinski definition) is 9. The second-order valence-corrected chi connectivity index (χ2v) is 8.77. The van der Waals surface area contributed by atoms with Gasteiger partial charge in [-0.1, -0.05) is 52.4 Å². The largest absolute Gasteiger partial charge is 0.472 e. The maximum atomic E-state index is 12.0. The van der Waals surface area contributed by atoms with Crippen molar-refractivity contribution in [3.05, 3.63) is 0 Å². The summed E-state index contributed by atoms with van der Waals surface area (Å²) in [7, 11) is -4.56. The molecule has 0 aromatic rings. The molecule has 0 bridgehead atoms. The Morgan fingerprint density at radius 2 is 1.39 bits per heavy atom. The van der Waals surface area contributed by atoms with E-state index in [0.29, 0.717) is 12.8 Å². The minimum absolute atomic E-state index is 0.172. The molecule has 0 radical (unpaired) electrons. The third kappa shape index (κ3) is 18.3. The zero-order chi connectivity index (χ0) is 23.5. The van der Waals surface area contributed by atoms with Crippen LogP contribution in [0.5, 0.6) is 0 Å². The number of unbranched alkanes of at least 4 members (excludes halogenated alkanes) is 6. The highest BCUT2D eigenvalue weighted by molar-refractivity contribution is 7.47. The summed E-state index contributed by atoms with van der Waals surface area (Å²) in [6.07, 6.45) is 5.31. The SMILES string of the molecule is CCCCCCCC(=O)OC[C@H](COP(=O)(O)OC[C@@H](O)CO)OC(=O)CCCCC. The van der Waals surface area contributed by atoms with Crippen LogP contribution in [0, 0.1) is 0 Å². The molecule has 0 aliphatic heterocycles. The monoisotopic (exact) mass is 470 g/mol. The number of phosphoric ester groups is 1. The molecular formula is C20H39O10P. The first-order chi connectivity index (χ1) is 14.7. The lowest BCUT2D eigenvalue weighted by Gasteiger charge is -2.20. The molecule has 11 heteroatoms. The number of ether oxygens (including phenoxy) is 2. The van der Waals surface area contributed by atoms with Crippen LogP contribution < -0.4 is 0 Å². The number of aliphatic hydroxyl groups excluding tert-OH is 2. The summed E-state index contributed by atoms with van der Waals surface area (Å²) < 4.78 is 31.6. The molecule has 0 rings (SSSR count). The number of phosphoric acid groups is 1. The van der Waals surface area contributed by atoms with E-state index < -0.39 is 51.8 Å². The molecule has 0 fully saturated rings. The van der Waals surface area contributed by atoms with Gasteiger partial charge in [0.05, 0.1) is 19.8 Å². The summed E-state index contributed by atoms with van der Waals surface area (Å²) in [6.45, 7) is 1.99. The van der Waals surface area contributed by atoms with E-state index >= 15 is 0 Å². The van der Waals surface area contributed by atoms with Gasteiger partial charge >= 0.3 is 19.8 Å². The van der Waals surface area contributed by atoms with Gasteiger partial charge in [-0.3, -0.25) is 18.6 Å². The van der Waals surface area contributed by atoms with E-state index in [1.54, 1.807) is 0 Å². The highest BCUT2D eigenvalue weighted by Gasteiger charge is 2.27. The quantitative estimate of drug-likeness (QED) is 0.138. The first-order valence-corrected chi connectivity index (χ1v) is 12.5. The normalized spacial score (nSPS) is 15.1. The molecule has 31 heavy (non-hydrogen) atoms. The van der Waals surface area contributed by atoms with Gasteiger partial charge < -0.3 is 24.6 Å². The van der Waals surface area contributed by atoms with Gasteiger partial charge in [0.15, 0.2) is 6.10 Å². The van der Waals surface area contributed by atoms with Crippen molar-refractivity contribution in [2.75, 3.05) is 26.4 Å². The maximum Gasteiger partial charge on any atom is 0.472 e. The molecule has 3 atom stereocenters. The molecule has 0 amide bonds. The molecule has 10 nitrogen and oxygen atoms in total. The number of carbonyl (C=O) groups is 2. The Balaban J connectivity index is 4.58. The topological polar surface area (TPSA) is 149 Å². The van der Waals surface area contributed by atoms with E-state index in [0.717, 1.165) is 38.5 Å². The van der Waals surface area contributed by atoms with Crippen LogP contribution in [0.15, 0.2) is 0 Å². The molecule has 0 aromatic carbocycles. The second-order valence-electron chi connectivity index (χ2n) is 7.31. The fraction of sp³-hybridized carbons (Fsp3) is 0.900. The Hall–Kier alpha value is -1.03. The van der Waals surface area contributed by atoms with Gasteiger partial charge in [0.2, 0.25) is 0 Å². The van der Waals surface area contributed by atoms with Crippen LogP contribution in [0.1, 0.15) is 78.1 Å². The average molecular weight is 470 g/mol. The Morgan fingerprint density at radius 1 is 0.839 bits per heavy atom. The van der Waals surface area contributed by atoms with Crippen molar-refractivity contribution in [3.8, 4) is 0 Å². The summed E-state index contributed by atoms with van der Waals surface area (Å²) >= 11 is 0. The molecule has 3 N–H and O–H groups in total. The summed E-state index contributed by atoms with van der Waals surface area (Å²) in [5, 5.41) is 17.9. The van der Waals surface area contributed by atoms with E-state index in [2.05, 4.69) is 11.4 Å². The minimum Gasteiger partial charge on any atom is -0.462 e. The van der Waals surface area contributed by atoms with Gasteiger partial charge in [-0.25, -0.2) is 4.57 Å². The van der Waals surface area contributed by atoms with E-state index in [-0.39, 0.29) is 19.4 Å². The Kier molecular flexibility index (Phi) is 17.9. The molecule has 0 aliphatic carbocycles. The highest BCUT2D eigenvalue weighted by Crippen LogP contribution is 2.43. The fourth-order valence-corrected chi connectivity index (χ4v) is 3.25. The number of carbonyl (C=O) groups excluding carboxylic acids is 2. The number of esters is 2. The summed E-state index contributed by atoms with van der Waals surface area (Å²) in [4.78, 5) is 33.5. The van der Waals surface area contributed by atoms with Crippen molar-refractivity contribution >= 4 is 19.8 Å². The fourth-order valence-electron chi connectivity index (χ4n) is 2.46. The first-order valence-electron chi connectivity index (χ1n) is 11.0. The molecule has 0 aliphatic rings. The standard InChI is InChI=1S/C20H39O10P/c1-3-5-7-8-10-11-19(23)27-15-18(30-20(24)12-9-6-4-2)16-29-31(25,26)28-14-17(22)13-21/h17-18,21-22H,3-16H2,1-2H3,(H,25,26)/t17-,18+/m0/s1. The Labute approximate surface area is 184 Å². The lowest BCUT2D eigenvalue weighted by atomic mass is 10.1. The zero-order valence-electron chi connectivity index (χ0n) is 18.7. The third-order valence-corrected chi connectivity index (χ3v) is 5.21. The number of hydrogen-bond donors (Lipinski definition) is 3. The number of aliphatic hydroxyl groups is 2. The Bertz CT molecular complexity index is 528. The van der Waals surface area contributed by atoms with Crippen LogP contribution in [0.2, 0.25) is 0 Å². The maximum absolute atomic E-state index is 12.0. The lowest BCUT2D eigenvalue weighted by Crippen LogP contribution is -2.29. The van der Waals surface area contributed by atoms with Gasteiger partial charge in [0.25, 0.3) is 0 Å². The van der Waals surface area contributed by atoms with E-state index in [1.165, 1.54) is 0 Å². The van der Waals surface area contributed by atoms with Gasteiger partial charge in [-0.2, -0.15) is 0 Å². The van der Waals surface area contributed by atoms with Crippen molar-refractivity contribution in [3.63, 3.8) is 0 Å². The molecule has 0 spiro atoms. The van der Waals surface area contributed by atoms with Crippen molar-refractivity contribution in [1.82, 2.24) is 0 Å². The second kappa shape index (κ2) is 18.5. The highest BCUT2D eigenvalue weighted by atomic mass is 31.2. The molecule has 184 valence electrons. The summed E-state index contributed by atoms with van der Waals surface area (Å²) in [6, 6.07) is 0. The van der Waals surface area contributed by atoms with Crippen LogP contribution in [0.25, 0.3) is 0 Å². The molecule has 0 heterocycles. The number of rotatable bonds is 20. The van der Waals surface area contributed by atoms with Crippen molar-refractivity contribution in [1.29, 1.82) is 0 Å². The molecular weight excluding hydrogens is 431 g/mol. The van der Waals surface area contributed by atoms with Gasteiger partial charge in [0.1, 0.15) is 12.7 Å². The van der Waals surface area contributed by atoms with Crippen molar-refractivity contribution in [2.24, 2.45) is 0 Å². The predicted octanol–water partition coefficient (Wildman–Crippen LogP) is 2.87. The van der Waals surface area contributed by atoms with Crippen LogP contribution in [-0.4, -0.2) is 65.7 Å². The predicted molar refractivity (Wildman–Crippen MR) is 113 cm³/mol. The smallest absolute Gasteiger partial charge is 0.462 e. The summed E-state index contributed by atoms with van der Waals surface area (Å²) in [5.74, 6) is -0.972. The van der Waals surface area contributed by atoms with Gasteiger partial charge in [-0.05, 0) is 12.8 Å². The molecule has 1 unspecified atom stereocenters. The molecule has 0 saturated heterocycles. The van der Waals surface area contributed by atoms with Crippen molar-refractivity contribution < 1.29 is 47.8 Å². The third-order valence-electron chi connectivity index (χ3n) is 4.26. The minimum atomic E-state index is -4.56. The van der Waals surface area contributed by atoms with Crippen molar-refractivity contribution in [2.45, 2.75) is 90.3 Å². The molecule has 0 saturated carbocycles. The van der Waals surface area contributed by atoms with Gasteiger partial charge in [-0.15, -0.1) is 0 Å². The van der Waals surface area contributed by atoms with E-state index in [9.17, 15) is 24.2 Å². The van der Waals surface area contributed by atoms with Crippen LogP contribution in [0.4, 0.5) is 0 Å². The Morgan fingerprint density at radius 3 is 2.03 bits per heavy atom. The van der Waals surface area contributed by atoms with E-state index in [1.807, 2.05) is 6.92 Å². The van der Waals surface area contributed by atoms with Gasteiger partial charge in [0, 0.05) is 12.8 Å². The van der Waals surface area contributed by atoms with Crippen LogP contribution in [0.3, 0.4) is 0 Å².